The Bertz CT molecular complexity index is 208. The smallest absolute Gasteiger partial charge is 0.333 e. The van der Waals surface area contributed by atoms with Gasteiger partial charge in [-0.15, -0.1) is 0 Å². The van der Waals surface area contributed by atoms with Crippen LogP contribution in [-0.4, -0.2) is 18.5 Å². The Balaban J connectivity index is 4.01. The van der Waals surface area contributed by atoms with Gasteiger partial charge in [0.05, 0.1) is 6.61 Å². The van der Waals surface area contributed by atoms with Gasteiger partial charge in [-0.05, 0) is 13.3 Å². The highest BCUT2D eigenvalue weighted by Crippen LogP contribution is 1.96. The average Bonchev–Trinajstić information content (AvgIpc) is 1.98. The summed E-state index contributed by atoms with van der Waals surface area (Å²) in [6, 6.07) is 0. The second-order valence-electron chi connectivity index (χ2n) is 2.37. The number of ether oxygens (including phenoxy) is 1. The standard InChI is InChI=1S/C8H13NO3/c1-3-4-12-8(11)6(2)5-7(9)10/h5H,3-4H2,1-2H3,(H2,9,10). The van der Waals surface area contributed by atoms with E-state index in [0.29, 0.717) is 6.61 Å². The van der Waals surface area contributed by atoms with Crippen molar-refractivity contribution < 1.29 is 14.3 Å². The van der Waals surface area contributed by atoms with Crippen molar-refractivity contribution in [3.63, 3.8) is 0 Å². The van der Waals surface area contributed by atoms with Gasteiger partial charge in [0.1, 0.15) is 0 Å². The molecule has 0 aromatic heterocycles. The highest BCUT2D eigenvalue weighted by Gasteiger charge is 2.05. The number of amides is 1. The molecule has 68 valence electrons. The highest BCUT2D eigenvalue weighted by molar-refractivity contribution is 5.97. The predicted molar refractivity (Wildman–Crippen MR) is 44.2 cm³/mol. The Hall–Kier alpha value is -1.32. The fourth-order valence-corrected chi connectivity index (χ4v) is 0.581. The lowest BCUT2D eigenvalue weighted by molar-refractivity contribution is -0.139. The molecule has 0 heterocycles. The fourth-order valence-electron chi connectivity index (χ4n) is 0.581. The summed E-state index contributed by atoms with van der Waals surface area (Å²) >= 11 is 0. The van der Waals surface area contributed by atoms with Crippen molar-refractivity contribution >= 4 is 11.9 Å². The first-order valence-corrected chi connectivity index (χ1v) is 3.72. The summed E-state index contributed by atoms with van der Waals surface area (Å²) in [4.78, 5) is 21.3. The quantitative estimate of drug-likeness (QED) is 0.490. The van der Waals surface area contributed by atoms with Crippen molar-refractivity contribution in [3.05, 3.63) is 11.6 Å². The molecule has 0 aliphatic rings. The van der Waals surface area contributed by atoms with E-state index in [2.05, 4.69) is 0 Å². The Morgan fingerprint density at radius 1 is 1.50 bits per heavy atom. The highest BCUT2D eigenvalue weighted by atomic mass is 16.5. The summed E-state index contributed by atoms with van der Waals surface area (Å²) in [5.74, 6) is -1.13. The third kappa shape index (κ3) is 4.49. The first-order chi connectivity index (χ1) is 5.57. The van der Waals surface area contributed by atoms with Gasteiger partial charge in [-0.1, -0.05) is 6.92 Å². The first kappa shape index (κ1) is 10.7. The molecule has 1 amide bonds. The summed E-state index contributed by atoms with van der Waals surface area (Å²) < 4.78 is 4.74. The molecule has 0 rings (SSSR count). The van der Waals surface area contributed by atoms with Crippen LogP contribution in [0.3, 0.4) is 0 Å². The lowest BCUT2D eigenvalue weighted by Crippen LogP contribution is -2.12. The Morgan fingerprint density at radius 2 is 2.08 bits per heavy atom. The number of esters is 1. The van der Waals surface area contributed by atoms with E-state index in [9.17, 15) is 9.59 Å². The van der Waals surface area contributed by atoms with Crippen molar-refractivity contribution in [1.82, 2.24) is 0 Å². The molecule has 0 atom stereocenters. The van der Waals surface area contributed by atoms with Crippen LogP contribution >= 0.6 is 0 Å². The number of carbonyl (C=O) groups is 2. The second kappa shape index (κ2) is 5.35. The minimum absolute atomic E-state index is 0.232. The lowest BCUT2D eigenvalue weighted by atomic mass is 10.3. The molecule has 0 bridgehead atoms. The average molecular weight is 171 g/mol. The molecule has 0 radical (unpaired) electrons. The van der Waals surface area contributed by atoms with E-state index in [1.165, 1.54) is 6.92 Å². The summed E-state index contributed by atoms with van der Waals surface area (Å²) in [6.07, 6.45) is 1.81. The SMILES string of the molecule is CCCOC(=O)C(C)=CC(N)=O. The van der Waals surface area contributed by atoms with Crippen LogP contribution in [0.25, 0.3) is 0 Å². The molecular weight excluding hydrogens is 158 g/mol. The topological polar surface area (TPSA) is 69.4 Å². The van der Waals surface area contributed by atoms with E-state index in [4.69, 9.17) is 10.5 Å². The summed E-state index contributed by atoms with van der Waals surface area (Å²) in [5, 5.41) is 0. The molecule has 0 unspecified atom stereocenters. The number of hydrogen-bond acceptors (Lipinski definition) is 3. The van der Waals surface area contributed by atoms with Gasteiger partial charge in [-0.2, -0.15) is 0 Å². The maximum absolute atomic E-state index is 10.9. The van der Waals surface area contributed by atoms with Crippen molar-refractivity contribution in [2.75, 3.05) is 6.61 Å². The van der Waals surface area contributed by atoms with Gasteiger partial charge < -0.3 is 10.5 Å². The van der Waals surface area contributed by atoms with Crippen LogP contribution in [0.15, 0.2) is 11.6 Å². The van der Waals surface area contributed by atoms with Gasteiger partial charge in [0.2, 0.25) is 5.91 Å². The van der Waals surface area contributed by atoms with E-state index in [0.717, 1.165) is 12.5 Å². The van der Waals surface area contributed by atoms with Crippen molar-refractivity contribution in [2.45, 2.75) is 20.3 Å². The lowest BCUT2D eigenvalue weighted by Gasteiger charge is -2.01. The Morgan fingerprint density at radius 3 is 2.50 bits per heavy atom. The normalized spacial score (nSPS) is 11.0. The third-order valence-electron chi connectivity index (χ3n) is 1.12. The molecule has 0 aromatic carbocycles. The zero-order valence-electron chi connectivity index (χ0n) is 7.29. The molecule has 2 N–H and O–H groups in total. The first-order valence-electron chi connectivity index (χ1n) is 3.72. The minimum atomic E-state index is -0.638. The molecular formula is C8H13NO3. The number of primary amides is 1. The molecule has 0 fully saturated rings. The maximum atomic E-state index is 10.9. The van der Waals surface area contributed by atoms with E-state index < -0.39 is 11.9 Å². The fraction of sp³-hybridized carbons (Fsp3) is 0.500. The van der Waals surface area contributed by atoms with Crippen LogP contribution in [0, 0.1) is 0 Å². The van der Waals surface area contributed by atoms with Crippen LogP contribution in [-0.2, 0) is 14.3 Å². The molecule has 4 heteroatoms. The van der Waals surface area contributed by atoms with Gasteiger partial charge in [0.25, 0.3) is 0 Å². The van der Waals surface area contributed by atoms with Crippen LogP contribution in [0.5, 0.6) is 0 Å². The molecule has 0 aromatic rings. The van der Waals surface area contributed by atoms with E-state index in [-0.39, 0.29) is 5.57 Å². The van der Waals surface area contributed by atoms with Gasteiger partial charge in [-0.3, -0.25) is 4.79 Å². The predicted octanol–water partition coefficient (Wildman–Crippen LogP) is 0.371. The van der Waals surface area contributed by atoms with E-state index >= 15 is 0 Å². The Labute approximate surface area is 71.4 Å². The van der Waals surface area contributed by atoms with Crippen LogP contribution in [0.4, 0.5) is 0 Å². The second-order valence-corrected chi connectivity index (χ2v) is 2.37. The summed E-state index contributed by atoms with van der Waals surface area (Å²) in [7, 11) is 0. The van der Waals surface area contributed by atoms with E-state index in [1.54, 1.807) is 0 Å². The van der Waals surface area contributed by atoms with Crippen molar-refractivity contribution in [3.8, 4) is 0 Å². The number of nitrogens with two attached hydrogens (primary N) is 1. The third-order valence-corrected chi connectivity index (χ3v) is 1.12. The molecule has 0 aliphatic heterocycles. The number of hydrogen-bond donors (Lipinski definition) is 1. The van der Waals surface area contributed by atoms with Gasteiger partial charge >= 0.3 is 5.97 Å². The number of carbonyl (C=O) groups excluding carboxylic acids is 2. The van der Waals surface area contributed by atoms with Crippen LogP contribution in [0.2, 0.25) is 0 Å². The zero-order valence-corrected chi connectivity index (χ0v) is 7.29. The molecule has 12 heavy (non-hydrogen) atoms. The van der Waals surface area contributed by atoms with Gasteiger partial charge in [0, 0.05) is 11.6 Å². The molecule has 0 saturated carbocycles. The molecule has 0 saturated heterocycles. The summed E-state index contributed by atoms with van der Waals surface area (Å²) in [6.45, 7) is 3.74. The van der Waals surface area contributed by atoms with Crippen LogP contribution in [0.1, 0.15) is 20.3 Å². The summed E-state index contributed by atoms with van der Waals surface area (Å²) in [5.41, 5.74) is 5.07. The zero-order chi connectivity index (χ0) is 9.56. The monoisotopic (exact) mass is 171 g/mol. The minimum Gasteiger partial charge on any atom is -0.462 e. The molecule has 0 spiro atoms. The number of rotatable bonds is 4. The van der Waals surface area contributed by atoms with Gasteiger partial charge in [0.15, 0.2) is 0 Å². The molecule has 4 nitrogen and oxygen atoms in total. The largest absolute Gasteiger partial charge is 0.462 e. The molecule has 0 aliphatic carbocycles. The van der Waals surface area contributed by atoms with Crippen molar-refractivity contribution in [2.24, 2.45) is 5.73 Å². The Kier molecular flexibility index (Phi) is 4.76. The van der Waals surface area contributed by atoms with Crippen molar-refractivity contribution in [1.29, 1.82) is 0 Å². The van der Waals surface area contributed by atoms with Gasteiger partial charge in [-0.25, -0.2) is 4.79 Å². The van der Waals surface area contributed by atoms with Crippen LogP contribution < -0.4 is 5.73 Å². The van der Waals surface area contributed by atoms with E-state index in [1.807, 2.05) is 6.92 Å². The maximum Gasteiger partial charge on any atom is 0.333 e.